The molecular weight excluding hydrogens is 605 g/mol. The van der Waals surface area contributed by atoms with E-state index in [-0.39, 0.29) is 6.71 Å². The Morgan fingerprint density at radius 3 is 1.16 bits per heavy atom. The minimum absolute atomic E-state index is 0.0548. The van der Waals surface area contributed by atoms with E-state index in [9.17, 15) is 0 Å². The van der Waals surface area contributed by atoms with Gasteiger partial charge in [0.25, 0.3) is 6.71 Å². The van der Waals surface area contributed by atoms with Gasteiger partial charge in [-0.1, -0.05) is 109 Å². The normalized spacial score (nSPS) is 13.8. The monoisotopic (exact) mass is 633 g/mol. The average molecular weight is 634 g/mol. The zero-order chi connectivity index (χ0) is 32.5. The number of hydrogen-bond donors (Lipinski definition) is 0. The largest absolute Gasteiger partial charge is 0.311 e. The van der Waals surface area contributed by atoms with Gasteiger partial charge in [-0.15, -0.1) is 0 Å². The van der Waals surface area contributed by atoms with Crippen molar-refractivity contribution >= 4 is 107 Å². The Morgan fingerprint density at radius 1 is 0.300 bits per heavy atom. The fourth-order valence-corrected chi connectivity index (χ4v) is 9.44. The number of nitrogens with zero attached hydrogens (tertiary/aromatic N) is 3. The highest BCUT2D eigenvalue weighted by molar-refractivity contribution is 7.03. The molecule has 3 heterocycles. The molecule has 9 aromatic carbocycles. The van der Waals surface area contributed by atoms with Gasteiger partial charge in [0.2, 0.25) is 0 Å². The molecule has 0 atom stereocenters. The summed E-state index contributed by atoms with van der Waals surface area (Å²) in [4.78, 5) is 7.61. The third-order valence-corrected chi connectivity index (χ3v) is 11.2. The molecule has 230 valence electrons. The molecule has 3 aliphatic heterocycles. The van der Waals surface area contributed by atoms with Gasteiger partial charge in [0, 0.05) is 56.0 Å². The van der Waals surface area contributed by atoms with Crippen molar-refractivity contribution in [2.45, 2.75) is 0 Å². The summed E-state index contributed by atoms with van der Waals surface area (Å²) in [7, 11) is 0. The number of para-hydroxylation sites is 3. The highest BCUT2D eigenvalue weighted by atomic mass is 15.2. The van der Waals surface area contributed by atoms with Gasteiger partial charge >= 0.3 is 0 Å². The SMILES string of the molecule is c1ccc(N2c3cccc4c3B3c5c2cccc5N(c2ccccc2)c2c3c(c3ccc5cccc6ccc2c3c56)N4c2ccccc2)cc1. The van der Waals surface area contributed by atoms with Crippen LogP contribution in [-0.2, 0) is 0 Å². The fraction of sp³-hybridized carbons (Fsp3) is 0. The van der Waals surface area contributed by atoms with E-state index < -0.39 is 0 Å². The Kier molecular flexibility index (Phi) is 5.05. The van der Waals surface area contributed by atoms with Gasteiger partial charge in [0.1, 0.15) is 0 Å². The molecule has 12 rings (SSSR count). The summed E-state index contributed by atoms with van der Waals surface area (Å²) >= 11 is 0. The van der Waals surface area contributed by atoms with Crippen LogP contribution < -0.4 is 31.1 Å². The summed E-state index contributed by atoms with van der Waals surface area (Å²) in [6, 6.07) is 62.8. The standard InChI is InChI=1S/C46H28BN3/c1-4-15-31(16-5-1)48-36-21-11-23-38-42(36)47-43-37(48)22-12-24-39(43)50(33-19-8-3-9-20-33)46-35-28-26-30-14-10-13-29-25-27-34(41(35)40(29)30)45(44(46)47)49(38)32-17-6-2-7-18-32/h1-28H. The molecule has 9 aromatic rings. The molecule has 0 spiro atoms. The maximum absolute atomic E-state index is 2.56. The molecule has 0 N–H and O–H groups in total. The smallest absolute Gasteiger partial charge is 0.257 e. The van der Waals surface area contributed by atoms with E-state index in [4.69, 9.17) is 0 Å². The molecule has 0 bridgehead atoms. The van der Waals surface area contributed by atoms with Gasteiger partial charge in [-0.2, -0.15) is 0 Å². The van der Waals surface area contributed by atoms with Crippen LogP contribution in [0.25, 0.3) is 32.3 Å². The summed E-state index contributed by atoms with van der Waals surface area (Å²) in [5.41, 5.74) is 15.1. The van der Waals surface area contributed by atoms with E-state index in [0.717, 1.165) is 5.69 Å². The first-order valence-electron chi connectivity index (χ1n) is 17.4. The van der Waals surface area contributed by atoms with Crippen molar-refractivity contribution in [2.75, 3.05) is 14.7 Å². The summed E-state index contributed by atoms with van der Waals surface area (Å²) in [6.45, 7) is 0.0548. The molecule has 0 saturated heterocycles. The van der Waals surface area contributed by atoms with Gasteiger partial charge in [-0.25, -0.2) is 0 Å². The first-order valence-corrected chi connectivity index (χ1v) is 17.4. The van der Waals surface area contributed by atoms with Crippen LogP contribution in [0.3, 0.4) is 0 Å². The lowest BCUT2D eigenvalue weighted by atomic mass is 9.31. The summed E-state index contributed by atoms with van der Waals surface area (Å²) in [6.07, 6.45) is 0. The van der Waals surface area contributed by atoms with Gasteiger partial charge in [0.15, 0.2) is 0 Å². The summed E-state index contributed by atoms with van der Waals surface area (Å²) < 4.78 is 0. The van der Waals surface area contributed by atoms with Crippen LogP contribution >= 0.6 is 0 Å². The molecule has 3 aliphatic rings. The van der Waals surface area contributed by atoms with E-state index in [1.54, 1.807) is 0 Å². The van der Waals surface area contributed by atoms with E-state index in [0.29, 0.717) is 0 Å². The van der Waals surface area contributed by atoms with E-state index in [2.05, 4.69) is 185 Å². The van der Waals surface area contributed by atoms with Crippen molar-refractivity contribution in [3.05, 3.63) is 170 Å². The number of anilines is 9. The summed E-state index contributed by atoms with van der Waals surface area (Å²) in [5, 5.41) is 7.80. The van der Waals surface area contributed by atoms with Crippen LogP contribution in [0, 0.1) is 0 Å². The third kappa shape index (κ3) is 3.21. The van der Waals surface area contributed by atoms with Crippen LogP contribution in [-0.4, -0.2) is 6.71 Å². The lowest BCUT2D eigenvalue weighted by Crippen LogP contribution is -2.65. The van der Waals surface area contributed by atoms with Crippen LogP contribution in [0.5, 0.6) is 0 Å². The second-order valence-electron chi connectivity index (χ2n) is 13.7. The van der Waals surface area contributed by atoms with Gasteiger partial charge < -0.3 is 14.7 Å². The van der Waals surface area contributed by atoms with Gasteiger partial charge in [-0.05, 0) is 93.2 Å². The molecule has 0 aromatic heterocycles. The van der Waals surface area contributed by atoms with Crippen molar-refractivity contribution in [3.63, 3.8) is 0 Å². The minimum Gasteiger partial charge on any atom is -0.311 e. The van der Waals surface area contributed by atoms with Crippen molar-refractivity contribution in [2.24, 2.45) is 0 Å². The van der Waals surface area contributed by atoms with Crippen LogP contribution in [0.15, 0.2) is 170 Å². The molecule has 0 amide bonds. The van der Waals surface area contributed by atoms with E-state index in [1.807, 2.05) is 0 Å². The lowest BCUT2D eigenvalue weighted by molar-refractivity contribution is 1.23. The number of hydrogen-bond acceptors (Lipinski definition) is 3. The topological polar surface area (TPSA) is 9.72 Å². The fourth-order valence-electron chi connectivity index (χ4n) is 9.44. The molecule has 0 fully saturated rings. The molecule has 50 heavy (non-hydrogen) atoms. The number of benzene rings is 9. The van der Waals surface area contributed by atoms with Crippen molar-refractivity contribution in [1.29, 1.82) is 0 Å². The molecule has 0 radical (unpaired) electrons. The number of fused-ring (bicyclic) bond motifs is 2. The average Bonchev–Trinajstić information content (AvgIpc) is 3.18. The van der Waals surface area contributed by atoms with E-state index in [1.165, 1.54) is 94.2 Å². The predicted molar refractivity (Wildman–Crippen MR) is 212 cm³/mol. The Bertz CT molecular complexity index is 2670. The van der Waals surface area contributed by atoms with Gasteiger partial charge in [-0.3, -0.25) is 0 Å². The molecular formula is C46H28BN3. The van der Waals surface area contributed by atoms with Crippen LogP contribution in [0.1, 0.15) is 0 Å². The quantitative estimate of drug-likeness (QED) is 0.142. The van der Waals surface area contributed by atoms with Crippen LogP contribution in [0.4, 0.5) is 51.2 Å². The zero-order valence-electron chi connectivity index (χ0n) is 27.1. The van der Waals surface area contributed by atoms with Crippen LogP contribution in [0.2, 0.25) is 0 Å². The summed E-state index contributed by atoms with van der Waals surface area (Å²) in [5.74, 6) is 0. The molecule has 0 saturated carbocycles. The third-order valence-electron chi connectivity index (χ3n) is 11.2. The first-order chi connectivity index (χ1) is 24.9. The second-order valence-corrected chi connectivity index (χ2v) is 13.7. The van der Waals surface area contributed by atoms with E-state index >= 15 is 0 Å². The van der Waals surface area contributed by atoms with Gasteiger partial charge in [0.05, 0.1) is 11.4 Å². The number of rotatable bonds is 3. The molecule has 0 unspecified atom stereocenters. The maximum Gasteiger partial charge on any atom is 0.257 e. The molecule has 0 aliphatic carbocycles. The van der Waals surface area contributed by atoms with Crippen molar-refractivity contribution in [3.8, 4) is 0 Å². The highest BCUT2D eigenvalue weighted by Gasteiger charge is 2.50. The zero-order valence-corrected chi connectivity index (χ0v) is 27.1. The molecule has 4 heteroatoms. The lowest BCUT2D eigenvalue weighted by Gasteiger charge is -2.50. The Hall–Kier alpha value is -6.52. The second kappa shape index (κ2) is 9.55. The minimum atomic E-state index is 0.0548. The Labute approximate surface area is 290 Å². The molecule has 3 nitrogen and oxygen atoms in total. The Balaban J connectivity index is 1.34. The van der Waals surface area contributed by atoms with Crippen molar-refractivity contribution < 1.29 is 0 Å². The van der Waals surface area contributed by atoms with Crippen molar-refractivity contribution in [1.82, 2.24) is 0 Å². The Morgan fingerprint density at radius 2 is 0.700 bits per heavy atom. The predicted octanol–water partition coefficient (Wildman–Crippen LogP) is 10.4. The maximum atomic E-state index is 2.56. The first kappa shape index (κ1) is 26.4. The highest BCUT2D eigenvalue weighted by Crippen LogP contribution is 2.54.